The van der Waals surface area contributed by atoms with Gasteiger partial charge >= 0.3 is 5.97 Å². The van der Waals surface area contributed by atoms with Gasteiger partial charge in [0.15, 0.2) is 6.29 Å². The van der Waals surface area contributed by atoms with Crippen molar-refractivity contribution in [1.82, 2.24) is 4.90 Å². The third kappa shape index (κ3) is 7.54. The van der Waals surface area contributed by atoms with Crippen LogP contribution in [0.4, 0.5) is 0 Å². The lowest BCUT2D eigenvalue weighted by Gasteiger charge is -2.47. The molecule has 0 aliphatic carbocycles. The van der Waals surface area contributed by atoms with Crippen LogP contribution in [0.2, 0.25) is 0 Å². The van der Waals surface area contributed by atoms with Gasteiger partial charge in [-0.2, -0.15) is 0 Å². The fraction of sp³-hybridized carbons (Fsp3) is 0.966. The highest BCUT2D eigenvalue weighted by Gasteiger charge is 2.50. The fourth-order valence-electron chi connectivity index (χ4n) is 6.63. The number of carbonyl (C=O) groups is 1. The molecule has 0 aromatic carbocycles. The first-order valence-corrected chi connectivity index (χ1v) is 14.7. The van der Waals surface area contributed by atoms with Crippen LogP contribution >= 0.6 is 0 Å². The van der Waals surface area contributed by atoms with Crippen molar-refractivity contribution in [3.63, 3.8) is 0 Å². The number of carbonyl (C=O) groups excluding carboxylic acids is 1. The normalized spacial score (nSPS) is 50.3. The van der Waals surface area contributed by atoms with E-state index in [-0.39, 0.29) is 30.9 Å². The molecule has 0 aromatic rings. The topological polar surface area (TPSA) is 175 Å². The van der Waals surface area contributed by atoms with E-state index in [1.807, 2.05) is 32.8 Å². The standard InChI is InChI=1S/C29H56N2O9/c1-11-20-29(8,37)24(34)16(4)21(30)14(2)13-28(7,36)25(17(5)22(32)18(6)26(35)39-20)40-27-23(33)19(31(9)10)12-15(3)38-27/h14-25,27,32-34,36-37H,11-13,30H2,1-10H3/t14-,15?,16+,17+,18-,19?,20-,21?,22+,23?,24-,25-,27?,28-,29-/m1/s1. The average Bonchev–Trinajstić information content (AvgIpc) is 2.87. The molecule has 40 heavy (non-hydrogen) atoms. The Balaban J connectivity index is 2.54. The van der Waals surface area contributed by atoms with Crippen LogP contribution in [0.25, 0.3) is 0 Å². The maximum absolute atomic E-state index is 13.2. The van der Waals surface area contributed by atoms with Crippen molar-refractivity contribution in [3.8, 4) is 0 Å². The predicted octanol–water partition coefficient (Wildman–Crippen LogP) is 0.619. The molecule has 11 nitrogen and oxygen atoms in total. The van der Waals surface area contributed by atoms with Gasteiger partial charge in [0, 0.05) is 23.9 Å². The number of nitrogens with two attached hydrogens (primary N) is 1. The zero-order valence-corrected chi connectivity index (χ0v) is 26.0. The van der Waals surface area contributed by atoms with Gasteiger partial charge in [0.25, 0.3) is 0 Å². The Morgan fingerprint density at radius 1 is 1.02 bits per heavy atom. The number of cyclic esters (lactones) is 1. The molecule has 0 bridgehead atoms. The van der Waals surface area contributed by atoms with Crippen molar-refractivity contribution in [2.75, 3.05) is 14.1 Å². The zero-order valence-electron chi connectivity index (χ0n) is 26.0. The molecule has 2 heterocycles. The lowest BCUT2D eigenvalue weighted by molar-refractivity contribution is -0.299. The molecule has 0 amide bonds. The number of hydrogen-bond donors (Lipinski definition) is 6. The largest absolute Gasteiger partial charge is 0.459 e. The highest BCUT2D eigenvalue weighted by molar-refractivity contribution is 5.73. The minimum atomic E-state index is -1.80. The van der Waals surface area contributed by atoms with Crippen molar-refractivity contribution in [3.05, 3.63) is 0 Å². The van der Waals surface area contributed by atoms with Crippen molar-refractivity contribution >= 4 is 5.97 Å². The van der Waals surface area contributed by atoms with Crippen LogP contribution in [0.15, 0.2) is 0 Å². The summed E-state index contributed by atoms with van der Waals surface area (Å²) in [6, 6.07) is -0.904. The molecular formula is C29H56N2O9. The highest BCUT2D eigenvalue weighted by Crippen LogP contribution is 2.38. The van der Waals surface area contributed by atoms with Gasteiger partial charge < -0.3 is 50.4 Å². The molecule has 15 atom stereocenters. The number of likely N-dealkylation sites (N-methyl/N-ethyl adjacent to an activating group) is 1. The Morgan fingerprint density at radius 2 is 1.60 bits per heavy atom. The quantitative estimate of drug-likeness (QED) is 0.259. The van der Waals surface area contributed by atoms with Gasteiger partial charge in [0.05, 0.1) is 35.9 Å². The van der Waals surface area contributed by atoms with Gasteiger partial charge in [-0.15, -0.1) is 0 Å². The Kier molecular flexibility index (Phi) is 12.0. The molecule has 2 aliphatic heterocycles. The molecule has 5 unspecified atom stereocenters. The first-order valence-electron chi connectivity index (χ1n) is 14.7. The Hall–Kier alpha value is -0.890. The maximum atomic E-state index is 13.2. The van der Waals surface area contributed by atoms with Crippen LogP contribution in [-0.2, 0) is 19.0 Å². The highest BCUT2D eigenvalue weighted by atomic mass is 16.7. The summed E-state index contributed by atoms with van der Waals surface area (Å²) in [5.74, 6) is -3.60. The monoisotopic (exact) mass is 576 g/mol. The van der Waals surface area contributed by atoms with E-state index < -0.39 is 77.8 Å². The molecule has 0 saturated carbocycles. The molecule has 2 rings (SSSR count). The summed E-state index contributed by atoms with van der Waals surface area (Å²) in [6.07, 6.45) is -6.18. The number of hydrogen-bond acceptors (Lipinski definition) is 11. The summed E-state index contributed by atoms with van der Waals surface area (Å²) < 4.78 is 18.0. The first kappa shape index (κ1) is 35.3. The summed E-state index contributed by atoms with van der Waals surface area (Å²) >= 11 is 0. The number of esters is 1. The molecule has 0 radical (unpaired) electrons. The minimum Gasteiger partial charge on any atom is -0.459 e. The zero-order chi connectivity index (χ0) is 30.9. The predicted molar refractivity (Wildman–Crippen MR) is 150 cm³/mol. The molecule has 236 valence electrons. The van der Waals surface area contributed by atoms with Crippen molar-refractivity contribution in [2.24, 2.45) is 29.4 Å². The van der Waals surface area contributed by atoms with Crippen LogP contribution in [0.3, 0.4) is 0 Å². The molecule has 11 heteroatoms. The average molecular weight is 577 g/mol. The molecule has 2 aliphatic rings. The Morgan fingerprint density at radius 3 is 2.12 bits per heavy atom. The van der Waals surface area contributed by atoms with Crippen LogP contribution in [-0.4, -0.2) is 117 Å². The third-order valence-electron chi connectivity index (χ3n) is 9.45. The second kappa shape index (κ2) is 13.6. The number of nitrogens with zero attached hydrogens (tertiary/aromatic N) is 1. The van der Waals surface area contributed by atoms with Gasteiger partial charge in [-0.3, -0.25) is 4.79 Å². The second-order valence-electron chi connectivity index (χ2n) is 13.2. The van der Waals surface area contributed by atoms with E-state index in [1.165, 1.54) is 13.8 Å². The van der Waals surface area contributed by atoms with E-state index in [4.69, 9.17) is 19.9 Å². The molecule has 7 N–H and O–H groups in total. The lowest BCUT2D eigenvalue weighted by Crippen LogP contribution is -2.61. The molecular weight excluding hydrogens is 520 g/mol. The molecule has 2 saturated heterocycles. The number of rotatable bonds is 4. The van der Waals surface area contributed by atoms with Crippen LogP contribution in [0.5, 0.6) is 0 Å². The summed E-state index contributed by atoms with van der Waals surface area (Å²) in [6.45, 7) is 13.4. The first-order chi connectivity index (χ1) is 18.3. The van der Waals surface area contributed by atoms with Gasteiger partial charge in [0.2, 0.25) is 0 Å². The van der Waals surface area contributed by atoms with E-state index in [0.29, 0.717) is 6.42 Å². The summed E-state index contributed by atoms with van der Waals surface area (Å²) in [5.41, 5.74) is 3.18. The van der Waals surface area contributed by atoms with Crippen LogP contribution < -0.4 is 5.73 Å². The van der Waals surface area contributed by atoms with Gasteiger partial charge in [-0.1, -0.05) is 27.7 Å². The number of aliphatic hydroxyl groups is 5. The van der Waals surface area contributed by atoms with Gasteiger partial charge in [-0.25, -0.2) is 0 Å². The lowest BCUT2D eigenvalue weighted by atomic mass is 9.72. The van der Waals surface area contributed by atoms with E-state index >= 15 is 0 Å². The van der Waals surface area contributed by atoms with E-state index in [2.05, 4.69) is 0 Å². The van der Waals surface area contributed by atoms with Crippen LogP contribution in [0.1, 0.15) is 74.7 Å². The Bertz CT molecular complexity index is 825. The molecule has 2 fully saturated rings. The van der Waals surface area contributed by atoms with Crippen molar-refractivity contribution in [2.45, 2.75) is 141 Å². The second-order valence-corrected chi connectivity index (χ2v) is 13.2. The maximum Gasteiger partial charge on any atom is 0.311 e. The number of ether oxygens (including phenoxy) is 3. The van der Waals surface area contributed by atoms with Crippen molar-refractivity contribution in [1.29, 1.82) is 0 Å². The Labute approximate surface area is 240 Å². The fourth-order valence-corrected chi connectivity index (χ4v) is 6.63. The molecule has 0 aromatic heterocycles. The minimum absolute atomic E-state index is 0.112. The van der Waals surface area contributed by atoms with E-state index in [1.54, 1.807) is 27.7 Å². The van der Waals surface area contributed by atoms with Gasteiger partial charge in [-0.05, 0) is 67.0 Å². The van der Waals surface area contributed by atoms with E-state index in [0.717, 1.165) is 0 Å². The summed E-state index contributed by atoms with van der Waals surface area (Å²) in [5, 5.41) is 56.9. The third-order valence-corrected chi connectivity index (χ3v) is 9.45. The van der Waals surface area contributed by atoms with E-state index in [9.17, 15) is 30.3 Å². The SMILES string of the molecule is CC[C@H]1OC(=O)[C@H](C)[C@@H](O)[C@H](C)[C@@H](OC2OC(C)CC(N(C)C)C2O)[C@](C)(O)C[C@@H](C)C(N)[C@H](C)[C@@H](O)[C@]1(C)O. The molecule has 0 spiro atoms. The van der Waals surface area contributed by atoms with Crippen LogP contribution in [0, 0.1) is 23.7 Å². The van der Waals surface area contributed by atoms with Gasteiger partial charge in [0.1, 0.15) is 17.8 Å². The smallest absolute Gasteiger partial charge is 0.311 e. The number of aliphatic hydroxyl groups excluding tert-OH is 3. The summed E-state index contributed by atoms with van der Waals surface area (Å²) in [4.78, 5) is 15.1. The van der Waals surface area contributed by atoms with Crippen molar-refractivity contribution < 1.29 is 44.5 Å². The summed E-state index contributed by atoms with van der Waals surface area (Å²) in [7, 11) is 3.72.